The van der Waals surface area contributed by atoms with E-state index in [1.165, 1.54) is 25.5 Å². The molecule has 4 heteroatoms. The first kappa shape index (κ1) is 15.3. The fourth-order valence-electron chi connectivity index (χ4n) is 3.10. The molecule has 1 aliphatic heterocycles. The van der Waals surface area contributed by atoms with E-state index < -0.39 is 0 Å². The van der Waals surface area contributed by atoms with Gasteiger partial charge in [-0.15, -0.1) is 0 Å². The van der Waals surface area contributed by atoms with Crippen molar-refractivity contribution in [2.75, 3.05) is 26.7 Å². The average molecular weight is 280 g/mol. The molecule has 0 radical (unpaired) electrons. The van der Waals surface area contributed by atoms with E-state index in [1.807, 2.05) is 14.0 Å². The molecule has 0 bridgehead atoms. The molecule has 3 nitrogen and oxygen atoms in total. The van der Waals surface area contributed by atoms with Crippen molar-refractivity contribution in [1.82, 2.24) is 9.80 Å². The fraction of sp³-hybridized carbons (Fsp3) is 0.625. The van der Waals surface area contributed by atoms with Gasteiger partial charge in [0, 0.05) is 30.3 Å². The summed E-state index contributed by atoms with van der Waals surface area (Å²) in [6.07, 6.45) is 2.48. The third-order valence-electron chi connectivity index (χ3n) is 4.50. The van der Waals surface area contributed by atoms with Crippen molar-refractivity contribution in [3.63, 3.8) is 0 Å². The van der Waals surface area contributed by atoms with E-state index in [4.69, 9.17) is 0 Å². The molecule has 112 valence electrons. The minimum absolute atomic E-state index is 0.00917. The molecule has 0 aromatic heterocycles. The lowest BCUT2D eigenvalue weighted by Gasteiger charge is -2.31. The van der Waals surface area contributed by atoms with Crippen LogP contribution in [-0.2, 0) is 0 Å². The van der Waals surface area contributed by atoms with Crippen LogP contribution < -0.4 is 0 Å². The number of rotatable bonds is 5. The number of phenols is 1. The highest BCUT2D eigenvalue weighted by Crippen LogP contribution is 2.26. The second kappa shape index (κ2) is 6.55. The van der Waals surface area contributed by atoms with Crippen LogP contribution in [0.5, 0.6) is 5.75 Å². The predicted molar refractivity (Wildman–Crippen MR) is 79.4 cm³/mol. The number of benzene rings is 1. The van der Waals surface area contributed by atoms with Crippen LogP contribution in [0.25, 0.3) is 0 Å². The molecule has 1 aromatic carbocycles. The van der Waals surface area contributed by atoms with E-state index in [-0.39, 0.29) is 17.6 Å². The van der Waals surface area contributed by atoms with Gasteiger partial charge in [0.2, 0.25) is 0 Å². The number of hydrogen-bond donors (Lipinski definition) is 1. The van der Waals surface area contributed by atoms with Crippen LogP contribution in [0.3, 0.4) is 0 Å². The molecule has 20 heavy (non-hydrogen) atoms. The van der Waals surface area contributed by atoms with E-state index in [2.05, 4.69) is 16.7 Å². The minimum atomic E-state index is -0.330. The normalized spacial score (nSPS) is 21.6. The summed E-state index contributed by atoms with van der Waals surface area (Å²) in [5.41, 5.74) is 0.645. The third kappa shape index (κ3) is 3.30. The Morgan fingerprint density at radius 1 is 1.50 bits per heavy atom. The first-order valence-corrected chi connectivity index (χ1v) is 7.45. The smallest absolute Gasteiger partial charge is 0.131 e. The van der Waals surface area contributed by atoms with Crippen LogP contribution >= 0.6 is 0 Å². The highest BCUT2D eigenvalue weighted by molar-refractivity contribution is 5.29. The number of aromatic hydroxyl groups is 1. The molecule has 2 atom stereocenters. The van der Waals surface area contributed by atoms with Gasteiger partial charge in [-0.1, -0.05) is 13.0 Å². The van der Waals surface area contributed by atoms with Crippen LogP contribution in [-0.4, -0.2) is 47.6 Å². The SMILES string of the molecule is CCN1CCCC1CN(C)C(C)c1ccc(O)cc1F. The molecule has 0 aliphatic carbocycles. The van der Waals surface area contributed by atoms with Gasteiger partial charge in [-0.3, -0.25) is 9.80 Å². The Morgan fingerprint density at radius 3 is 2.90 bits per heavy atom. The third-order valence-corrected chi connectivity index (χ3v) is 4.50. The summed E-state index contributed by atoms with van der Waals surface area (Å²) >= 11 is 0. The summed E-state index contributed by atoms with van der Waals surface area (Å²) in [5.74, 6) is -0.350. The molecule has 1 aromatic rings. The molecule has 2 unspecified atom stereocenters. The van der Waals surface area contributed by atoms with Gasteiger partial charge in [0.1, 0.15) is 11.6 Å². The summed E-state index contributed by atoms with van der Waals surface area (Å²) in [5, 5.41) is 9.29. The molecule has 0 saturated carbocycles. The summed E-state index contributed by atoms with van der Waals surface area (Å²) in [6, 6.07) is 5.00. The van der Waals surface area contributed by atoms with Gasteiger partial charge in [-0.2, -0.15) is 0 Å². The maximum atomic E-state index is 13.9. The zero-order valence-corrected chi connectivity index (χ0v) is 12.6. The fourth-order valence-corrected chi connectivity index (χ4v) is 3.10. The molecular formula is C16H25FN2O. The quantitative estimate of drug-likeness (QED) is 0.898. The van der Waals surface area contributed by atoms with E-state index in [0.29, 0.717) is 11.6 Å². The summed E-state index contributed by atoms with van der Waals surface area (Å²) in [6.45, 7) is 7.43. The largest absolute Gasteiger partial charge is 0.508 e. The number of phenolic OH excluding ortho intramolecular Hbond substituents is 1. The van der Waals surface area contributed by atoms with Crippen molar-refractivity contribution < 1.29 is 9.50 Å². The highest BCUT2D eigenvalue weighted by atomic mass is 19.1. The van der Waals surface area contributed by atoms with Gasteiger partial charge in [0.25, 0.3) is 0 Å². The van der Waals surface area contributed by atoms with Crippen molar-refractivity contribution in [3.05, 3.63) is 29.6 Å². The Balaban J connectivity index is 2.02. The van der Waals surface area contributed by atoms with Crippen molar-refractivity contribution in [2.45, 2.75) is 38.8 Å². The number of nitrogens with zero attached hydrogens (tertiary/aromatic N) is 2. The lowest BCUT2D eigenvalue weighted by molar-refractivity contribution is 0.168. The number of likely N-dealkylation sites (tertiary alicyclic amines) is 1. The van der Waals surface area contributed by atoms with Crippen molar-refractivity contribution >= 4 is 0 Å². The molecule has 1 N–H and O–H groups in total. The molecule has 1 heterocycles. The van der Waals surface area contributed by atoms with E-state index in [0.717, 1.165) is 13.1 Å². The first-order chi connectivity index (χ1) is 9.52. The molecule has 2 rings (SSSR count). The molecule has 1 fully saturated rings. The topological polar surface area (TPSA) is 26.7 Å². The Morgan fingerprint density at radius 2 is 2.25 bits per heavy atom. The van der Waals surface area contributed by atoms with Gasteiger partial charge < -0.3 is 5.11 Å². The number of halogens is 1. The average Bonchev–Trinajstić information content (AvgIpc) is 2.85. The Hall–Kier alpha value is -1.13. The zero-order valence-electron chi connectivity index (χ0n) is 12.6. The lowest BCUT2D eigenvalue weighted by Crippen LogP contribution is -2.39. The van der Waals surface area contributed by atoms with Crippen molar-refractivity contribution in [1.29, 1.82) is 0 Å². The van der Waals surface area contributed by atoms with Gasteiger partial charge in [-0.25, -0.2) is 4.39 Å². The summed E-state index contributed by atoms with van der Waals surface area (Å²) in [7, 11) is 2.04. The molecular weight excluding hydrogens is 255 g/mol. The Labute approximate surface area is 121 Å². The van der Waals surface area contributed by atoms with Crippen molar-refractivity contribution in [3.8, 4) is 5.75 Å². The number of hydrogen-bond acceptors (Lipinski definition) is 3. The minimum Gasteiger partial charge on any atom is -0.508 e. The van der Waals surface area contributed by atoms with E-state index >= 15 is 0 Å². The van der Waals surface area contributed by atoms with Crippen LogP contribution in [0, 0.1) is 5.82 Å². The standard InChI is InChI=1S/C16H25FN2O/c1-4-19-9-5-6-13(19)11-18(3)12(2)15-8-7-14(20)10-16(15)17/h7-8,10,12-13,20H,4-6,9,11H2,1-3H3. The Bertz CT molecular complexity index is 452. The van der Waals surface area contributed by atoms with Crippen LogP contribution in [0.4, 0.5) is 4.39 Å². The summed E-state index contributed by atoms with van der Waals surface area (Å²) < 4.78 is 13.9. The van der Waals surface area contributed by atoms with Crippen LogP contribution in [0.2, 0.25) is 0 Å². The first-order valence-electron chi connectivity index (χ1n) is 7.45. The predicted octanol–water partition coefficient (Wildman–Crippen LogP) is 3.01. The lowest BCUT2D eigenvalue weighted by atomic mass is 10.1. The molecule has 0 spiro atoms. The van der Waals surface area contributed by atoms with Gasteiger partial charge in [0.15, 0.2) is 0 Å². The second-order valence-electron chi connectivity index (χ2n) is 5.75. The second-order valence-corrected chi connectivity index (χ2v) is 5.75. The van der Waals surface area contributed by atoms with E-state index in [9.17, 15) is 9.50 Å². The van der Waals surface area contributed by atoms with Crippen LogP contribution in [0.15, 0.2) is 18.2 Å². The van der Waals surface area contributed by atoms with Gasteiger partial charge >= 0.3 is 0 Å². The highest BCUT2D eigenvalue weighted by Gasteiger charge is 2.26. The van der Waals surface area contributed by atoms with Crippen LogP contribution in [0.1, 0.15) is 38.3 Å². The Kier molecular flexibility index (Phi) is 5.00. The van der Waals surface area contributed by atoms with Gasteiger partial charge in [0.05, 0.1) is 0 Å². The molecule has 1 aliphatic rings. The van der Waals surface area contributed by atoms with Gasteiger partial charge in [-0.05, 0) is 46.0 Å². The zero-order chi connectivity index (χ0) is 14.7. The molecule has 1 saturated heterocycles. The van der Waals surface area contributed by atoms with E-state index in [1.54, 1.807) is 12.1 Å². The van der Waals surface area contributed by atoms with Crippen molar-refractivity contribution in [2.24, 2.45) is 0 Å². The maximum Gasteiger partial charge on any atom is 0.131 e. The summed E-state index contributed by atoms with van der Waals surface area (Å²) in [4.78, 5) is 4.70. The number of likely N-dealkylation sites (N-methyl/N-ethyl adjacent to an activating group) is 2. The maximum absolute atomic E-state index is 13.9. The monoisotopic (exact) mass is 280 g/mol. The molecule has 0 amide bonds.